The first-order chi connectivity index (χ1) is 12.4. The van der Waals surface area contributed by atoms with Crippen LogP contribution < -0.4 is 10.9 Å². The highest BCUT2D eigenvalue weighted by molar-refractivity contribution is 7.13. The van der Waals surface area contributed by atoms with Crippen LogP contribution in [0, 0.1) is 0 Å². The highest BCUT2D eigenvalue weighted by Gasteiger charge is 2.22. The first-order valence-corrected chi connectivity index (χ1v) is 9.56. The number of aromatic nitrogens is 3. The number of benzene rings is 1. The van der Waals surface area contributed by atoms with Gasteiger partial charge in [-0.3, -0.25) is 9.59 Å². The predicted octanol–water partition coefficient (Wildman–Crippen LogP) is 3.74. The van der Waals surface area contributed by atoms with Crippen LogP contribution >= 0.6 is 11.3 Å². The van der Waals surface area contributed by atoms with Crippen LogP contribution in [0.4, 0.5) is 5.13 Å². The lowest BCUT2D eigenvalue weighted by Gasteiger charge is -2.15. The molecule has 1 atom stereocenters. The van der Waals surface area contributed by atoms with E-state index in [1.165, 1.54) is 16.0 Å². The number of rotatable bonds is 5. The number of aryl methyl sites for hydroxylation is 1. The lowest BCUT2D eigenvalue weighted by molar-refractivity contribution is -0.117. The van der Waals surface area contributed by atoms with Crippen molar-refractivity contribution in [2.24, 2.45) is 0 Å². The topological polar surface area (TPSA) is 76.9 Å². The first-order valence-electron chi connectivity index (χ1n) is 8.68. The highest BCUT2D eigenvalue weighted by atomic mass is 32.1. The summed E-state index contributed by atoms with van der Waals surface area (Å²) in [7, 11) is 0. The summed E-state index contributed by atoms with van der Waals surface area (Å²) in [5.41, 5.74) is 1.42. The number of hydrogen-bond donors (Lipinski definition) is 1. The standard InChI is InChI=1S/C19H22N4O2S/c1-5-23-18(25)14-9-7-6-8-13(14)16(22-23)12(4)17(24)21-19-20-15(10-26-19)11(2)3/h6-12H,5H2,1-4H3,(H,20,21,24). The Kier molecular flexibility index (Phi) is 5.18. The fourth-order valence-electron chi connectivity index (χ4n) is 2.74. The molecule has 1 aromatic carbocycles. The van der Waals surface area contributed by atoms with Crippen LogP contribution in [0.5, 0.6) is 0 Å². The molecule has 0 fully saturated rings. The van der Waals surface area contributed by atoms with Gasteiger partial charge in [-0.1, -0.05) is 32.0 Å². The van der Waals surface area contributed by atoms with Gasteiger partial charge in [0.25, 0.3) is 5.56 Å². The molecule has 0 bridgehead atoms. The van der Waals surface area contributed by atoms with Crippen LogP contribution in [-0.4, -0.2) is 20.7 Å². The third kappa shape index (κ3) is 3.39. The second-order valence-corrected chi connectivity index (χ2v) is 7.35. The molecule has 0 saturated heterocycles. The number of nitrogens with one attached hydrogen (secondary N) is 1. The molecule has 1 unspecified atom stereocenters. The van der Waals surface area contributed by atoms with Gasteiger partial charge in [0.1, 0.15) is 0 Å². The second-order valence-electron chi connectivity index (χ2n) is 6.49. The first kappa shape index (κ1) is 18.3. The molecule has 0 radical (unpaired) electrons. The van der Waals surface area contributed by atoms with Crippen LogP contribution in [0.3, 0.4) is 0 Å². The molecule has 0 spiro atoms. The van der Waals surface area contributed by atoms with Gasteiger partial charge < -0.3 is 5.32 Å². The number of nitrogens with zero attached hydrogens (tertiary/aromatic N) is 3. The van der Waals surface area contributed by atoms with E-state index >= 15 is 0 Å². The summed E-state index contributed by atoms with van der Waals surface area (Å²) in [6.07, 6.45) is 0. The molecule has 26 heavy (non-hydrogen) atoms. The molecule has 0 saturated carbocycles. The smallest absolute Gasteiger partial charge is 0.274 e. The van der Waals surface area contributed by atoms with Crippen LogP contribution in [0.2, 0.25) is 0 Å². The van der Waals surface area contributed by atoms with E-state index < -0.39 is 5.92 Å². The number of thiazole rings is 1. The summed E-state index contributed by atoms with van der Waals surface area (Å²) in [5, 5.41) is 11.1. The van der Waals surface area contributed by atoms with Crippen molar-refractivity contribution in [3.63, 3.8) is 0 Å². The Bertz CT molecular complexity index is 1010. The maximum absolute atomic E-state index is 12.7. The minimum absolute atomic E-state index is 0.138. The number of carbonyl (C=O) groups excluding carboxylic acids is 1. The molecule has 0 aliphatic rings. The molecule has 0 aliphatic carbocycles. The minimum atomic E-state index is -0.510. The van der Waals surface area contributed by atoms with Crippen molar-refractivity contribution in [3.05, 3.63) is 51.4 Å². The van der Waals surface area contributed by atoms with Crippen molar-refractivity contribution >= 4 is 33.1 Å². The fourth-order valence-corrected chi connectivity index (χ4v) is 3.62. The lowest BCUT2D eigenvalue weighted by atomic mass is 10.0. The Hall–Kier alpha value is -2.54. The minimum Gasteiger partial charge on any atom is -0.301 e. The number of anilines is 1. The lowest BCUT2D eigenvalue weighted by Crippen LogP contribution is -2.27. The molecule has 6 nitrogen and oxygen atoms in total. The zero-order valence-electron chi connectivity index (χ0n) is 15.3. The molecule has 1 amide bonds. The van der Waals surface area contributed by atoms with Crippen LogP contribution in [0.25, 0.3) is 10.8 Å². The van der Waals surface area contributed by atoms with Crippen LogP contribution in [0.15, 0.2) is 34.4 Å². The number of amides is 1. The molecule has 3 rings (SSSR count). The van der Waals surface area contributed by atoms with Crippen molar-refractivity contribution in [3.8, 4) is 0 Å². The normalized spacial score (nSPS) is 12.5. The van der Waals surface area contributed by atoms with E-state index in [1.807, 2.05) is 30.5 Å². The van der Waals surface area contributed by atoms with Gasteiger partial charge in [0, 0.05) is 17.3 Å². The van der Waals surface area contributed by atoms with E-state index in [0.29, 0.717) is 34.1 Å². The average molecular weight is 370 g/mol. The van der Waals surface area contributed by atoms with Crippen molar-refractivity contribution in [1.82, 2.24) is 14.8 Å². The van der Waals surface area contributed by atoms with E-state index in [-0.39, 0.29) is 11.5 Å². The predicted molar refractivity (Wildman–Crippen MR) is 105 cm³/mol. The van der Waals surface area contributed by atoms with E-state index in [4.69, 9.17) is 0 Å². The molecule has 0 aliphatic heterocycles. The van der Waals surface area contributed by atoms with Gasteiger partial charge in [0.15, 0.2) is 5.13 Å². The van der Waals surface area contributed by atoms with Crippen LogP contribution in [0.1, 0.15) is 50.9 Å². The second kappa shape index (κ2) is 7.37. The molecule has 2 aromatic heterocycles. The third-order valence-electron chi connectivity index (χ3n) is 4.34. The van der Waals surface area contributed by atoms with Crippen molar-refractivity contribution in [2.45, 2.75) is 46.1 Å². The van der Waals surface area contributed by atoms with Gasteiger partial charge in [-0.15, -0.1) is 11.3 Å². The van der Waals surface area contributed by atoms with Gasteiger partial charge in [0.2, 0.25) is 5.91 Å². The van der Waals surface area contributed by atoms with Crippen LogP contribution in [-0.2, 0) is 11.3 Å². The summed E-state index contributed by atoms with van der Waals surface area (Å²) in [5.74, 6) is -0.383. The van der Waals surface area contributed by atoms with E-state index in [1.54, 1.807) is 13.0 Å². The zero-order valence-corrected chi connectivity index (χ0v) is 16.1. The largest absolute Gasteiger partial charge is 0.301 e. The van der Waals surface area contributed by atoms with Gasteiger partial charge in [-0.2, -0.15) is 5.10 Å². The average Bonchev–Trinajstić information content (AvgIpc) is 3.10. The third-order valence-corrected chi connectivity index (χ3v) is 5.12. The summed E-state index contributed by atoms with van der Waals surface area (Å²) < 4.78 is 1.40. The molecular weight excluding hydrogens is 348 g/mol. The number of hydrogen-bond acceptors (Lipinski definition) is 5. The Morgan fingerprint density at radius 2 is 1.92 bits per heavy atom. The van der Waals surface area contributed by atoms with E-state index in [0.717, 1.165) is 5.69 Å². The Morgan fingerprint density at radius 1 is 1.23 bits per heavy atom. The maximum Gasteiger partial charge on any atom is 0.274 e. The van der Waals surface area contributed by atoms with Gasteiger partial charge in [0.05, 0.1) is 22.7 Å². The van der Waals surface area contributed by atoms with Gasteiger partial charge in [-0.05, 0) is 25.8 Å². The van der Waals surface area contributed by atoms with Crippen molar-refractivity contribution < 1.29 is 4.79 Å². The van der Waals surface area contributed by atoms with Crippen molar-refractivity contribution in [1.29, 1.82) is 0 Å². The Balaban J connectivity index is 1.96. The molecule has 7 heteroatoms. The summed E-state index contributed by atoms with van der Waals surface area (Å²) >= 11 is 1.41. The highest BCUT2D eigenvalue weighted by Crippen LogP contribution is 2.25. The fraction of sp³-hybridized carbons (Fsp3) is 0.368. The zero-order chi connectivity index (χ0) is 18.8. The molecule has 2 heterocycles. The van der Waals surface area contributed by atoms with Crippen molar-refractivity contribution in [2.75, 3.05) is 5.32 Å². The van der Waals surface area contributed by atoms with Gasteiger partial charge in [-0.25, -0.2) is 9.67 Å². The Labute approximate surface area is 155 Å². The Morgan fingerprint density at radius 3 is 2.54 bits per heavy atom. The number of fused-ring (bicyclic) bond motifs is 1. The molecule has 136 valence electrons. The van der Waals surface area contributed by atoms with E-state index in [9.17, 15) is 9.59 Å². The summed E-state index contributed by atoms with van der Waals surface area (Å²) in [6.45, 7) is 8.24. The van der Waals surface area contributed by atoms with E-state index in [2.05, 4.69) is 29.2 Å². The summed E-state index contributed by atoms with van der Waals surface area (Å²) in [4.78, 5) is 29.6. The quantitative estimate of drug-likeness (QED) is 0.742. The SMILES string of the molecule is CCn1nc(C(C)C(=O)Nc2nc(C(C)C)cs2)c2ccccc2c1=O. The maximum atomic E-state index is 12.7. The monoisotopic (exact) mass is 370 g/mol. The molecule has 3 aromatic rings. The molecule has 1 N–H and O–H groups in total. The number of carbonyl (C=O) groups is 1. The summed E-state index contributed by atoms with van der Waals surface area (Å²) in [6, 6.07) is 7.28. The van der Waals surface area contributed by atoms with Gasteiger partial charge >= 0.3 is 0 Å². The molecular formula is C19H22N4O2S.